The largest absolute Gasteiger partial charge is 0.496 e. The molecule has 3 aromatic carbocycles. The van der Waals surface area contributed by atoms with Crippen molar-refractivity contribution in [2.24, 2.45) is 0 Å². The summed E-state index contributed by atoms with van der Waals surface area (Å²) in [5.74, 6) is -0.998. The smallest absolute Gasteiger partial charge is 0.251 e. The van der Waals surface area contributed by atoms with Crippen molar-refractivity contribution in [3.05, 3.63) is 89.5 Å². The second-order valence-corrected chi connectivity index (χ2v) is 6.83. The normalized spacial score (nSPS) is 10.4. The van der Waals surface area contributed by atoms with E-state index in [1.165, 1.54) is 37.4 Å². The monoisotopic (exact) mass is 424 g/mol. The molecule has 3 rings (SSSR count). The molecule has 0 spiro atoms. The summed E-state index contributed by atoms with van der Waals surface area (Å²) >= 11 is 0. The van der Waals surface area contributed by atoms with E-state index in [1.807, 2.05) is 0 Å². The zero-order chi connectivity index (χ0) is 22.2. The van der Waals surface area contributed by atoms with Crippen molar-refractivity contribution in [2.45, 2.75) is 6.42 Å². The van der Waals surface area contributed by atoms with Gasteiger partial charge in [-0.15, -0.1) is 0 Å². The summed E-state index contributed by atoms with van der Waals surface area (Å²) in [6, 6.07) is 16.8. The number of benzene rings is 3. The van der Waals surface area contributed by atoms with E-state index in [-0.39, 0.29) is 18.3 Å². The minimum absolute atomic E-state index is 0.185. The Bertz CT molecular complexity index is 1070. The zero-order valence-electron chi connectivity index (χ0n) is 17.0. The molecule has 0 aliphatic rings. The minimum Gasteiger partial charge on any atom is -0.496 e. The summed E-state index contributed by atoms with van der Waals surface area (Å²) in [6.45, 7) is 0.185. The molecule has 0 fully saturated rings. The lowest BCUT2D eigenvalue weighted by atomic mass is 10.0. The SMILES string of the molecule is COc1ccc(F)cc1-c1cccc(C(=O)NCC(=O)NCCc2ccc(F)cc2)c1. The van der Waals surface area contributed by atoms with Crippen LogP contribution in [0.3, 0.4) is 0 Å². The van der Waals surface area contributed by atoms with E-state index < -0.39 is 11.7 Å². The minimum atomic E-state index is -0.425. The molecular formula is C24H22F2N2O3. The molecule has 2 amide bonds. The molecule has 0 saturated heterocycles. The standard InChI is InChI=1S/C24H22F2N2O3/c1-31-22-10-9-20(26)14-21(22)17-3-2-4-18(13-17)24(30)28-15-23(29)27-12-11-16-5-7-19(25)8-6-16/h2-10,13-14H,11-12,15H2,1H3,(H,27,29)(H,28,30). The first kappa shape index (κ1) is 22.0. The number of hydrogen-bond acceptors (Lipinski definition) is 3. The van der Waals surface area contributed by atoms with Crippen LogP contribution in [0.5, 0.6) is 5.75 Å². The third-order valence-electron chi connectivity index (χ3n) is 4.66. The van der Waals surface area contributed by atoms with Crippen molar-refractivity contribution in [1.29, 1.82) is 0 Å². The number of halogens is 2. The predicted octanol–water partition coefficient (Wildman–Crippen LogP) is 3.73. The maximum atomic E-state index is 13.7. The van der Waals surface area contributed by atoms with Gasteiger partial charge in [-0.2, -0.15) is 0 Å². The number of carbonyl (C=O) groups is 2. The van der Waals surface area contributed by atoms with Gasteiger partial charge in [-0.25, -0.2) is 8.78 Å². The summed E-state index contributed by atoms with van der Waals surface area (Å²) in [5.41, 5.74) is 2.38. The fraction of sp³-hybridized carbons (Fsp3) is 0.167. The zero-order valence-corrected chi connectivity index (χ0v) is 17.0. The highest BCUT2D eigenvalue weighted by Crippen LogP contribution is 2.31. The molecule has 160 valence electrons. The number of methoxy groups -OCH3 is 1. The lowest BCUT2D eigenvalue weighted by Gasteiger charge is -2.11. The van der Waals surface area contributed by atoms with Gasteiger partial charge in [0.05, 0.1) is 13.7 Å². The van der Waals surface area contributed by atoms with Crippen LogP contribution in [0.4, 0.5) is 8.78 Å². The topological polar surface area (TPSA) is 67.4 Å². The Morgan fingerprint density at radius 3 is 2.39 bits per heavy atom. The Labute approximate surface area is 179 Å². The van der Waals surface area contributed by atoms with E-state index >= 15 is 0 Å². The van der Waals surface area contributed by atoms with Gasteiger partial charge in [0, 0.05) is 17.7 Å². The fourth-order valence-corrected chi connectivity index (χ4v) is 3.06. The molecule has 7 heteroatoms. The van der Waals surface area contributed by atoms with Gasteiger partial charge in [-0.05, 0) is 60.0 Å². The average Bonchev–Trinajstić information content (AvgIpc) is 2.79. The first-order valence-corrected chi connectivity index (χ1v) is 9.69. The number of nitrogens with one attached hydrogen (secondary N) is 2. The Balaban J connectivity index is 1.55. The van der Waals surface area contributed by atoms with Crippen molar-refractivity contribution in [3.63, 3.8) is 0 Å². The number of carbonyl (C=O) groups excluding carboxylic acids is 2. The highest BCUT2D eigenvalue weighted by atomic mass is 19.1. The van der Waals surface area contributed by atoms with Crippen molar-refractivity contribution in [2.75, 3.05) is 20.2 Å². The molecule has 0 heterocycles. The van der Waals surface area contributed by atoms with E-state index in [0.29, 0.717) is 35.4 Å². The van der Waals surface area contributed by atoms with Gasteiger partial charge in [0.1, 0.15) is 17.4 Å². The molecule has 0 unspecified atom stereocenters. The molecule has 0 saturated carbocycles. The van der Waals surface area contributed by atoms with E-state index in [2.05, 4.69) is 10.6 Å². The lowest BCUT2D eigenvalue weighted by molar-refractivity contribution is -0.120. The summed E-state index contributed by atoms with van der Waals surface area (Å²) in [4.78, 5) is 24.4. The number of hydrogen-bond donors (Lipinski definition) is 2. The molecule has 31 heavy (non-hydrogen) atoms. The number of rotatable bonds is 8. The van der Waals surface area contributed by atoms with Gasteiger partial charge < -0.3 is 15.4 Å². The molecule has 2 N–H and O–H groups in total. The van der Waals surface area contributed by atoms with Crippen LogP contribution in [0.2, 0.25) is 0 Å². The van der Waals surface area contributed by atoms with Gasteiger partial charge in [0.25, 0.3) is 5.91 Å². The van der Waals surface area contributed by atoms with E-state index in [4.69, 9.17) is 4.74 Å². The molecule has 0 radical (unpaired) electrons. The predicted molar refractivity (Wildman–Crippen MR) is 114 cm³/mol. The Kier molecular flexibility index (Phi) is 7.32. The number of ether oxygens (including phenoxy) is 1. The number of amides is 2. The van der Waals surface area contributed by atoms with Crippen LogP contribution in [0.15, 0.2) is 66.7 Å². The molecule has 0 aromatic heterocycles. The molecule has 0 atom stereocenters. The second-order valence-electron chi connectivity index (χ2n) is 6.83. The second kappa shape index (κ2) is 10.3. The summed E-state index contributed by atoms with van der Waals surface area (Å²) in [7, 11) is 1.49. The Hall–Kier alpha value is -3.74. The van der Waals surface area contributed by atoms with Gasteiger partial charge >= 0.3 is 0 Å². The van der Waals surface area contributed by atoms with Crippen LogP contribution in [-0.4, -0.2) is 32.0 Å². The fourth-order valence-electron chi connectivity index (χ4n) is 3.06. The Morgan fingerprint density at radius 1 is 0.903 bits per heavy atom. The first-order chi connectivity index (χ1) is 15.0. The van der Waals surface area contributed by atoms with Crippen molar-refractivity contribution in [3.8, 4) is 16.9 Å². The van der Waals surface area contributed by atoms with Gasteiger partial charge in [-0.3, -0.25) is 9.59 Å². The van der Waals surface area contributed by atoms with Gasteiger partial charge in [0.15, 0.2) is 0 Å². The van der Waals surface area contributed by atoms with Gasteiger partial charge in [-0.1, -0.05) is 24.3 Å². The lowest BCUT2D eigenvalue weighted by Crippen LogP contribution is -2.37. The van der Waals surface area contributed by atoms with Crippen LogP contribution in [0.25, 0.3) is 11.1 Å². The van der Waals surface area contributed by atoms with Crippen LogP contribution in [-0.2, 0) is 11.2 Å². The highest BCUT2D eigenvalue weighted by molar-refractivity contribution is 5.97. The van der Waals surface area contributed by atoms with E-state index in [1.54, 1.807) is 36.4 Å². The summed E-state index contributed by atoms with van der Waals surface area (Å²) in [5, 5.41) is 5.27. The summed E-state index contributed by atoms with van der Waals surface area (Å²) in [6.07, 6.45) is 0.553. The summed E-state index contributed by atoms with van der Waals surface area (Å²) < 4.78 is 31.8. The van der Waals surface area contributed by atoms with Gasteiger partial charge in [0.2, 0.25) is 5.91 Å². The molecule has 5 nitrogen and oxygen atoms in total. The van der Waals surface area contributed by atoms with E-state index in [9.17, 15) is 18.4 Å². The van der Waals surface area contributed by atoms with Crippen LogP contribution in [0, 0.1) is 11.6 Å². The van der Waals surface area contributed by atoms with Crippen LogP contribution in [0.1, 0.15) is 15.9 Å². The Morgan fingerprint density at radius 2 is 1.65 bits per heavy atom. The maximum Gasteiger partial charge on any atom is 0.251 e. The van der Waals surface area contributed by atoms with Crippen LogP contribution >= 0.6 is 0 Å². The average molecular weight is 424 g/mol. The van der Waals surface area contributed by atoms with Crippen molar-refractivity contribution >= 4 is 11.8 Å². The molecule has 0 aliphatic heterocycles. The first-order valence-electron chi connectivity index (χ1n) is 9.69. The molecule has 0 aliphatic carbocycles. The maximum absolute atomic E-state index is 13.7. The van der Waals surface area contributed by atoms with Crippen molar-refractivity contribution < 1.29 is 23.1 Å². The van der Waals surface area contributed by atoms with Crippen molar-refractivity contribution in [1.82, 2.24) is 10.6 Å². The molecule has 3 aromatic rings. The van der Waals surface area contributed by atoms with Crippen LogP contribution < -0.4 is 15.4 Å². The third kappa shape index (κ3) is 6.12. The third-order valence-corrected chi connectivity index (χ3v) is 4.66. The quantitative estimate of drug-likeness (QED) is 0.579. The van der Waals surface area contributed by atoms with E-state index in [0.717, 1.165) is 5.56 Å². The molecule has 0 bridgehead atoms. The molecular weight excluding hydrogens is 402 g/mol. The highest BCUT2D eigenvalue weighted by Gasteiger charge is 2.12.